The van der Waals surface area contributed by atoms with Gasteiger partial charge in [-0.1, -0.05) is 6.07 Å². The second kappa shape index (κ2) is 7.59. The molecule has 0 fully saturated rings. The Morgan fingerprint density at radius 3 is 2.50 bits per heavy atom. The maximum atomic E-state index is 13.2. The monoisotopic (exact) mass is 331 g/mol. The van der Waals surface area contributed by atoms with E-state index >= 15 is 0 Å². The van der Waals surface area contributed by atoms with Crippen molar-refractivity contribution in [3.8, 4) is 11.5 Å². The van der Waals surface area contributed by atoms with Crippen molar-refractivity contribution in [3.63, 3.8) is 0 Å². The molecule has 0 bridgehead atoms. The number of hydrogen-bond acceptors (Lipinski definition) is 4. The number of carbonyl (C=O) groups is 2. The van der Waals surface area contributed by atoms with Crippen LogP contribution >= 0.6 is 0 Å². The largest absolute Gasteiger partial charge is 0.495 e. The number of amides is 1. The van der Waals surface area contributed by atoms with Crippen molar-refractivity contribution in [1.82, 2.24) is 0 Å². The molecular weight excluding hydrogens is 313 g/mol. The van der Waals surface area contributed by atoms with Crippen LogP contribution in [-0.4, -0.2) is 25.4 Å². The predicted octanol–water partition coefficient (Wildman–Crippen LogP) is 3.36. The van der Waals surface area contributed by atoms with E-state index in [1.54, 1.807) is 12.1 Å². The highest BCUT2D eigenvalue weighted by molar-refractivity contribution is 5.97. The molecule has 0 unspecified atom stereocenters. The van der Waals surface area contributed by atoms with E-state index in [0.717, 1.165) is 11.6 Å². The number of carbonyl (C=O) groups excluding carboxylic acids is 2. The second-order valence-electron chi connectivity index (χ2n) is 5.24. The van der Waals surface area contributed by atoms with Crippen LogP contribution in [0.15, 0.2) is 36.4 Å². The van der Waals surface area contributed by atoms with E-state index in [-0.39, 0.29) is 23.7 Å². The van der Waals surface area contributed by atoms with Crippen LogP contribution in [0, 0.1) is 12.7 Å². The van der Waals surface area contributed by atoms with Crippen molar-refractivity contribution in [2.24, 2.45) is 0 Å². The highest BCUT2D eigenvalue weighted by atomic mass is 19.1. The van der Waals surface area contributed by atoms with Gasteiger partial charge in [-0.15, -0.1) is 0 Å². The van der Waals surface area contributed by atoms with Gasteiger partial charge in [-0.3, -0.25) is 9.59 Å². The number of ether oxygens (including phenoxy) is 2. The molecule has 0 saturated carbocycles. The van der Waals surface area contributed by atoms with Crippen molar-refractivity contribution in [2.45, 2.75) is 13.8 Å². The number of anilines is 1. The molecule has 0 atom stereocenters. The van der Waals surface area contributed by atoms with E-state index < -0.39 is 11.7 Å². The Hall–Kier alpha value is -2.89. The minimum Gasteiger partial charge on any atom is -0.495 e. The minimum atomic E-state index is -0.540. The molecule has 0 aromatic heterocycles. The average Bonchev–Trinajstić information content (AvgIpc) is 2.53. The van der Waals surface area contributed by atoms with Gasteiger partial charge in [0.2, 0.25) is 0 Å². The lowest BCUT2D eigenvalue weighted by Gasteiger charge is -2.12. The Labute approximate surface area is 139 Å². The Bertz CT molecular complexity index is 774. The Balaban J connectivity index is 2.07. The summed E-state index contributed by atoms with van der Waals surface area (Å²) in [5.74, 6) is -0.611. The van der Waals surface area contributed by atoms with Crippen LogP contribution in [0.4, 0.5) is 10.1 Å². The Kier molecular flexibility index (Phi) is 5.52. The fourth-order valence-electron chi connectivity index (χ4n) is 2.15. The summed E-state index contributed by atoms with van der Waals surface area (Å²) >= 11 is 0. The van der Waals surface area contributed by atoms with E-state index in [9.17, 15) is 14.0 Å². The lowest BCUT2D eigenvalue weighted by molar-refractivity contribution is -0.118. The summed E-state index contributed by atoms with van der Waals surface area (Å²) in [7, 11) is 1.51. The zero-order valence-corrected chi connectivity index (χ0v) is 13.7. The predicted molar refractivity (Wildman–Crippen MR) is 88.3 cm³/mol. The van der Waals surface area contributed by atoms with Crippen LogP contribution < -0.4 is 14.8 Å². The molecule has 2 aromatic rings. The molecule has 2 aromatic carbocycles. The molecule has 0 saturated heterocycles. The molecule has 24 heavy (non-hydrogen) atoms. The molecule has 0 aliphatic heterocycles. The molecule has 126 valence electrons. The van der Waals surface area contributed by atoms with Gasteiger partial charge >= 0.3 is 0 Å². The van der Waals surface area contributed by atoms with E-state index in [1.807, 2.05) is 13.0 Å². The van der Waals surface area contributed by atoms with Gasteiger partial charge in [0.05, 0.1) is 18.4 Å². The summed E-state index contributed by atoms with van der Waals surface area (Å²) in [6.45, 7) is 2.88. The van der Waals surface area contributed by atoms with Crippen LogP contribution in [0.2, 0.25) is 0 Å². The van der Waals surface area contributed by atoms with Crippen LogP contribution in [0.1, 0.15) is 22.8 Å². The molecule has 0 aliphatic carbocycles. The first-order chi connectivity index (χ1) is 11.4. The summed E-state index contributed by atoms with van der Waals surface area (Å²) in [5.41, 5.74) is 1.58. The number of rotatable bonds is 6. The standard InChI is InChI=1S/C18H18FNO4/c1-11-4-6-17(23-3)15(8-11)20-18(22)10-24-16-7-5-13(19)9-14(16)12(2)21/h4-9H,10H2,1-3H3,(H,20,22). The summed E-state index contributed by atoms with van der Waals surface area (Å²) in [6, 6.07) is 8.97. The van der Waals surface area contributed by atoms with Gasteiger partial charge in [0.1, 0.15) is 17.3 Å². The highest BCUT2D eigenvalue weighted by Crippen LogP contribution is 2.25. The van der Waals surface area contributed by atoms with Crippen molar-refractivity contribution in [2.75, 3.05) is 19.0 Å². The third-order valence-electron chi connectivity index (χ3n) is 3.31. The van der Waals surface area contributed by atoms with Crippen molar-refractivity contribution in [3.05, 3.63) is 53.3 Å². The third kappa shape index (κ3) is 4.32. The summed E-state index contributed by atoms with van der Waals surface area (Å²) < 4.78 is 23.8. The lowest BCUT2D eigenvalue weighted by Crippen LogP contribution is -2.21. The number of ketones is 1. The SMILES string of the molecule is COc1ccc(C)cc1NC(=O)COc1ccc(F)cc1C(C)=O. The molecule has 5 nitrogen and oxygen atoms in total. The Morgan fingerprint density at radius 1 is 1.12 bits per heavy atom. The van der Waals surface area contributed by atoms with Gasteiger partial charge in [-0.25, -0.2) is 4.39 Å². The fourth-order valence-corrected chi connectivity index (χ4v) is 2.15. The zero-order valence-electron chi connectivity index (χ0n) is 13.7. The van der Waals surface area contributed by atoms with Crippen molar-refractivity contribution < 1.29 is 23.5 Å². The second-order valence-corrected chi connectivity index (χ2v) is 5.24. The smallest absolute Gasteiger partial charge is 0.262 e. The molecule has 0 radical (unpaired) electrons. The number of nitrogens with one attached hydrogen (secondary N) is 1. The van der Waals surface area contributed by atoms with Gasteiger partial charge < -0.3 is 14.8 Å². The summed E-state index contributed by atoms with van der Waals surface area (Å²) in [6.07, 6.45) is 0. The minimum absolute atomic E-state index is 0.0935. The summed E-state index contributed by atoms with van der Waals surface area (Å²) in [5, 5.41) is 2.68. The van der Waals surface area contributed by atoms with E-state index in [2.05, 4.69) is 5.32 Å². The molecule has 2 rings (SSSR count). The third-order valence-corrected chi connectivity index (χ3v) is 3.31. The van der Waals surface area contributed by atoms with Gasteiger partial charge in [0, 0.05) is 0 Å². The molecule has 0 heterocycles. The molecular formula is C18H18FNO4. The number of benzene rings is 2. The summed E-state index contributed by atoms with van der Waals surface area (Å²) in [4.78, 5) is 23.6. The van der Waals surface area contributed by atoms with Gasteiger partial charge in [-0.2, -0.15) is 0 Å². The quantitative estimate of drug-likeness (QED) is 0.824. The van der Waals surface area contributed by atoms with E-state index in [4.69, 9.17) is 9.47 Å². The van der Waals surface area contributed by atoms with Crippen molar-refractivity contribution >= 4 is 17.4 Å². The number of methoxy groups -OCH3 is 1. The molecule has 0 spiro atoms. The first kappa shape index (κ1) is 17.5. The van der Waals surface area contributed by atoms with Crippen LogP contribution in [0.3, 0.4) is 0 Å². The van der Waals surface area contributed by atoms with Gasteiger partial charge in [-0.05, 0) is 49.7 Å². The topological polar surface area (TPSA) is 64.6 Å². The number of halogens is 1. The van der Waals surface area contributed by atoms with E-state index in [1.165, 1.54) is 26.2 Å². The van der Waals surface area contributed by atoms with Gasteiger partial charge in [0.15, 0.2) is 12.4 Å². The fraction of sp³-hybridized carbons (Fsp3) is 0.222. The first-order valence-corrected chi connectivity index (χ1v) is 7.28. The number of aryl methyl sites for hydroxylation is 1. The molecule has 1 N–H and O–H groups in total. The molecule has 6 heteroatoms. The van der Waals surface area contributed by atoms with Crippen LogP contribution in [0.5, 0.6) is 11.5 Å². The molecule has 0 aliphatic rings. The lowest BCUT2D eigenvalue weighted by atomic mass is 10.1. The normalized spacial score (nSPS) is 10.2. The molecule has 1 amide bonds. The maximum absolute atomic E-state index is 13.2. The highest BCUT2D eigenvalue weighted by Gasteiger charge is 2.13. The van der Waals surface area contributed by atoms with E-state index in [0.29, 0.717) is 11.4 Å². The van der Waals surface area contributed by atoms with Gasteiger partial charge in [0.25, 0.3) is 5.91 Å². The average molecular weight is 331 g/mol. The zero-order chi connectivity index (χ0) is 17.7. The van der Waals surface area contributed by atoms with Crippen LogP contribution in [-0.2, 0) is 4.79 Å². The maximum Gasteiger partial charge on any atom is 0.262 e. The van der Waals surface area contributed by atoms with Crippen LogP contribution in [0.25, 0.3) is 0 Å². The first-order valence-electron chi connectivity index (χ1n) is 7.28. The Morgan fingerprint density at radius 2 is 1.83 bits per heavy atom. The number of Topliss-reactive ketones (excluding diaryl/α,β-unsaturated/α-hetero) is 1. The number of hydrogen-bond donors (Lipinski definition) is 1. The van der Waals surface area contributed by atoms with Crippen molar-refractivity contribution in [1.29, 1.82) is 0 Å².